The van der Waals surface area contributed by atoms with Gasteiger partial charge in [-0.2, -0.15) is 0 Å². The molecule has 0 fully saturated rings. The summed E-state index contributed by atoms with van der Waals surface area (Å²) >= 11 is 0. The van der Waals surface area contributed by atoms with Crippen LogP contribution in [0.1, 0.15) is 53.4 Å². The van der Waals surface area contributed by atoms with E-state index in [0.717, 1.165) is 18.7 Å². The molecule has 0 spiro atoms. The van der Waals surface area contributed by atoms with Gasteiger partial charge < -0.3 is 15.5 Å². The molecule has 1 unspecified atom stereocenters. The molecule has 2 N–H and O–H groups in total. The van der Waals surface area contributed by atoms with Gasteiger partial charge >= 0.3 is 0 Å². The van der Waals surface area contributed by atoms with Crippen molar-refractivity contribution in [3.63, 3.8) is 0 Å². The van der Waals surface area contributed by atoms with Crippen LogP contribution >= 0.6 is 0 Å². The molecule has 0 aromatic heterocycles. The van der Waals surface area contributed by atoms with Crippen LogP contribution in [-0.2, 0) is 4.84 Å². The third-order valence-corrected chi connectivity index (χ3v) is 3.64. The minimum Gasteiger partial charge on any atom is -0.389 e. The second-order valence-corrected chi connectivity index (χ2v) is 6.83. The molecule has 1 atom stereocenters. The van der Waals surface area contributed by atoms with Crippen molar-refractivity contribution < 1.29 is 4.84 Å². The lowest BCUT2D eigenvalue weighted by Crippen LogP contribution is -2.43. The van der Waals surface area contributed by atoms with Crippen molar-refractivity contribution in [1.29, 1.82) is 0 Å². The molecule has 0 aromatic rings. The lowest BCUT2D eigenvalue weighted by molar-refractivity contribution is -0.0811. The molecule has 0 amide bonds. The van der Waals surface area contributed by atoms with Crippen molar-refractivity contribution in [2.75, 3.05) is 28.2 Å². The van der Waals surface area contributed by atoms with E-state index in [2.05, 4.69) is 51.5 Å². The van der Waals surface area contributed by atoms with E-state index in [0.29, 0.717) is 0 Å². The van der Waals surface area contributed by atoms with Crippen LogP contribution in [0.15, 0.2) is 12.0 Å². The molecule has 0 aliphatic carbocycles. The van der Waals surface area contributed by atoms with Crippen LogP contribution in [0.2, 0.25) is 0 Å². The molecule has 0 radical (unpaired) electrons. The van der Waals surface area contributed by atoms with Crippen LogP contribution in [0.25, 0.3) is 0 Å². The Morgan fingerprint density at radius 2 is 1.80 bits per heavy atom. The zero-order valence-electron chi connectivity index (χ0n) is 14.8. The van der Waals surface area contributed by atoms with Gasteiger partial charge in [-0.05, 0) is 44.7 Å². The highest BCUT2D eigenvalue weighted by Crippen LogP contribution is 2.34. The van der Waals surface area contributed by atoms with Crippen molar-refractivity contribution in [3.8, 4) is 0 Å². The smallest absolute Gasteiger partial charge is 0.208 e. The standard InChI is InChI=1S/C16H35N3O/c1-9-11-16(4,18-6)13-15(2,3)12-10-14(17-5)20-19(7)8/h10,17-18H,9,11-13H2,1-8H3/b14-10+. The topological polar surface area (TPSA) is 36.5 Å². The summed E-state index contributed by atoms with van der Waals surface area (Å²) in [6.45, 7) is 9.19. The van der Waals surface area contributed by atoms with E-state index in [1.165, 1.54) is 12.8 Å². The molecule has 0 saturated heterocycles. The molecule has 0 aliphatic heterocycles. The molecule has 0 aliphatic rings. The lowest BCUT2D eigenvalue weighted by Gasteiger charge is -2.37. The summed E-state index contributed by atoms with van der Waals surface area (Å²) in [7, 11) is 7.72. The summed E-state index contributed by atoms with van der Waals surface area (Å²) in [5.41, 5.74) is 0.430. The maximum Gasteiger partial charge on any atom is 0.208 e. The fraction of sp³-hybridized carbons (Fsp3) is 0.875. The van der Waals surface area contributed by atoms with E-state index >= 15 is 0 Å². The van der Waals surface area contributed by atoms with Gasteiger partial charge in [-0.25, -0.2) is 0 Å². The second kappa shape index (κ2) is 8.53. The molecule has 120 valence electrons. The van der Waals surface area contributed by atoms with E-state index < -0.39 is 0 Å². The number of nitrogens with one attached hydrogen (secondary N) is 2. The number of hydrogen-bond donors (Lipinski definition) is 2. The van der Waals surface area contributed by atoms with Gasteiger partial charge in [-0.3, -0.25) is 0 Å². The van der Waals surface area contributed by atoms with Gasteiger partial charge in [-0.1, -0.05) is 27.2 Å². The number of hydrogen-bond acceptors (Lipinski definition) is 4. The third kappa shape index (κ3) is 7.75. The van der Waals surface area contributed by atoms with E-state index in [-0.39, 0.29) is 11.0 Å². The molecular formula is C16H35N3O. The van der Waals surface area contributed by atoms with Gasteiger partial charge in [0.25, 0.3) is 0 Å². The summed E-state index contributed by atoms with van der Waals surface area (Å²) < 4.78 is 0. The van der Waals surface area contributed by atoms with Gasteiger partial charge in [0.1, 0.15) is 0 Å². The lowest BCUT2D eigenvalue weighted by atomic mass is 9.75. The van der Waals surface area contributed by atoms with E-state index in [1.807, 2.05) is 21.1 Å². The summed E-state index contributed by atoms with van der Waals surface area (Å²) in [5, 5.41) is 8.28. The highest BCUT2D eigenvalue weighted by Gasteiger charge is 2.30. The van der Waals surface area contributed by atoms with Crippen molar-refractivity contribution in [1.82, 2.24) is 15.7 Å². The van der Waals surface area contributed by atoms with Gasteiger partial charge in [0.2, 0.25) is 5.88 Å². The molecular weight excluding hydrogens is 250 g/mol. The van der Waals surface area contributed by atoms with Gasteiger partial charge in [0.05, 0.1) is 0 Å². The Morgan fingerprint density at radius 1 is 1.20 bits per heavy atom. The van der Waals surface area contributed by atoms with E-state index in [9.17, 15) is 0 Å². The highest BCUT2D eigenvalue weighted by molar-refractivity contribution is 4.96. The van der Waals surface area contributed by atoms with Crippen LogP contribution in [0.4, 0.5) is 0 Å². The zero-order valence-corrected chi connectivity index (χ0v) is 14.8. The zero-order chi connectivity index (χ0) is 15.8. The monoisotopic (exact) mass is 285 g/mol. The molecule has 0 saturated carbocycles. The van der Waals surface area contributed by atoms with Gasteiger partial charge in [-0.15, -0.1) is 5.06 Å². The van der Waals surface area contributed by atoms with Gasteiger partial charge in [0, 0.05) is 26.7 Å². The van der Waals surface area contributed by atoms with Crippen LogP contribution in [0.5, 0.6) is 0 Å². The number of nitrogens with zero attached hydrogens (tertiary/aromatic N) is 1. The first-order valence-corrected chi connectivity index (χ1v) is 7.60. The summed E-state index contributed by atoms with van der Waals surface area (Å²) in [5.74, 6) is 0.810. The van der Waals surface area contributed by atoms with Gasteiger partial charge in [0.15, 0.2) is 0 Å². The molecule has 0 heterocycles. The van der Waals surface area contributed by atoms with E-state index in [4.69, 9.17) is 4.84 Å². The highest BCUT2D eigenvalue weighted by atomic mass is 16.7. The maximum atomic E-state index is 5.57. The first kappa shape index (κ1) is 19.3. The maximum absolute atomic E-state index is 5.57. The Labute approximate surface area is 125 Å². The Hall–Kier alpha value is -0.740. The quantitative estimate of drug-likeness (QED) is 0.478. The van der Waals surface area contributed by atoms with Crippen LogP contribution in [-0.4, -0.2) is 38.8 Å². The normalized spacial score (nSPS) is 16.1. The third-order valence-electron chi connectivity index (χ3n) is 3.64. The molecule has 0 aromatic carbocycles. The average Bonchev–Trinajstić information content (AvgIpc) is 2.33. The molecule has 4 nitrogen and oxygen atoms in total. The SMILES string of the molecule is CCCC(C)(CC(C)(C)C/C=C(\NC)ON(C)C)NC. The largest absolute Gasteiger partial charge is 0.389 e. The number of hydroxylamine groups is 2. The first-order chi connectivity index (χ1) is 9.18. The Balaban J connectivity index is 4.67. The number of allylic oxidation sites excluding steroid dienone is 1. The first-order valence-electron chi connectivity index (χ1n) is 7.60. The predicted octanol–water partition coefficient (Wildman–Crippen LogP) is 3.13. The molecule has 4 heteroatoms. The minimum absolute atomic E-state index is 0.203. The second-order valence-electron chi connectivity index (χ2n) is 6.83. The Kier molecular flexibility index (Phi) is 8.21. The van der Waals surface area contributed by atoms with Crippen molar-refractivity contribution in [2.24, 2.45) is 5.41 Å². The fourth-order valence-corrected chi connectivity index (χ4v) is 2.73. The fourth-order valence-electron chi connectivity index (χ4n) is 2.73. The molecule has 0 rings (SSSR count). The Bertz CT molecular complexity index is 300. The van der Waals surface area contributed by atoms with Crippen LogP contribution < -0.4 is 10.6 Å². The van der Waals surface area contributed by atoms with Crippen LogP contribution in [0, 0.1) is 5.41 Å². The Morgan fingerprint density at radius 3 is 2.20 bits per heavy atom. The summed E-state index contributed by atoms with van der Waals surface area (Å²) in [6.07, 6.45) is 6.66. The molecule has 0 bridgehead atoms. The average molecular weight is 285 g/mol. The van der Waals surface area contributed by atoms with Crippen molar-refractivity contribution >= 4 is 0 Å². The van der Waals surface area contributed by atoms with E-state index in [1.54, 1.807) is 5.06 Å². The van der Waals surface area contributed by atoms with Crippen molar-refractivity contribution in [3.05, 3.63) is 12.0 Å². The predicted molar refractivity (Wildman–Crippen MR) is 87.3 cm³/mol. The van der Waals surface area contributed by atoms with Crippen molar-refractivity contribution in [2.45, 2.75) is 58.9 Å². The minimum atomic E-state index is 0.203. The van der Waals surface area contributed by atoms with Crippen LogP contribution in [0.3, 0.4) is 0 Å². The summed E-state index contributed by atoms with van der Waals surface area (Å²) in [4.78, 5) is 5.57. The number of rotatable bonds is 10. The molecule has 20 heavy (non-hydrogen) atoms. The summed E-state index contributed by atoms with van der Waals surface area (Å²) in [6, 6.07) is 0.